The molecule has 16 heavy (non-hydrogen) atoms. The van der Waals surface area contributed by atoms with Gasteiger partial charge in [-0.15, -0.1) is 0 Å². The molecule has 0 bridgehead atoms. The number of carbonyl (C=O) groups excluding carboxylic acids is 2. The van der Waals surface area contributed by atoms with Gasteiger partial charge in [0.15, 0.2) is 0 Å². The number of primary amides is 1. The third kappa shape index (κ3) is 5.25. The molecule has 1 atom stereocenters. The van der Waals surface area contributed by atoms with Crippen molar-refractivity contribution in [1.29, 1.82) is 0 Å². The highest BCUT2D eigenvalue weighted by molar-refractivity contribution is 7.98. The summed E-state index contributed by atoms with van der Waals surface area (Å²) in [6, 6.07) is -1.14. The number of nitrogens with one attached hydrogen (secondary N) is 1. The molecule has 3 N–H and O–H groups in total. The Morgan fingerprint density at radius 1 is 1.38 bits per heavy atom. The first kappa shape index (κ1) is 15.1. The quantitative estimate of drug-likeness (QED) is 0.693. The molecular weight excluding hydrogens is 226 g/mol. The number of amides is 3. The van der Waals surface area contributed by atoms with E-state index in [2.05, 4.69) is 5.32 Å². The van der Waals surface area contributed by atoms with Crippen molar-refractivity contribution in [2.24, 2.45) is 5.73 Å². The molecule has 6 heteroatoms. The van der Waals surface area contributed by atoms with Crippen molar-refractivity contribution in [2.45, 2.75) is 26.3 Å². The Bertz CT molecular complexity index is 232. The number of carbonyl (C=O) groups is 2. The molecule has 0 heterocycles. The summed E-state index contributed by atoms with van der Waals surface area (Å²) in [7, 11) is 0. The number of nitrogens with two attached hydrogens (primary N) is 1. The second-order valence-electron chi connectivity index (χ2n) is 3.35. The van der Waals surface area contributed by atoms with Gasteiger partial charge in [-0.2, -0.15) is 11.8 Å². The van der Waals surface area contributed by atoms with Gasteiger partial charge in [0.25, 0.3) is 0 Å². The van der Waals surface area contributed by atoms with Crippen LogP contribution in [0.25, 0.3) is 0 Å². The molecule has 1 unspecified atom stereocenters. The molecule has 94 valence electrons. The fourth-order valence-corrected chi connectivity index (χ4v) is 1.89. The van der Waals surface area contributed by atoms with E-state index in [1.54, 1.807) is 16.7 Å². The normalized spacial score (nSPS) is 11.9. The van der Waals surface area contributed by atoms with Crippen LogP contribution in [0.15, 0.2) is 0 Å². The number of rotatable bonds is 7. The van der Waals surface area contributed by atoms with Crippen molar-refractivity contribution in [3.63, 3.8) is 0 Å². The highest BCUT2D eigenvalue weighted by Crippen LogP contribution is 2.04. The lowest BCUT2D eigenvalue weighted by atomic mass is 10.2. The summed E-state index contributed by atoms with van der Waals surface area (Å²) in [4.78, 5) is 24.5. The lowest BCUT2D eigenvalue weighted by Gasteiger charge is -2.25. The van der Waals surface area contributed by atoms with Crippen LogP contribution >= 0.6 is 11.8 Å². The minimum Gasteiger partial charge on any atom is -0.352 e. The van der Waals surface area contributed by atoms with E-state index in [1.165, 1.54) is 0 Å². The SMILES string of the molecule is CCN(CC)C(=O)C(CCSC)NC(N)=O. The Balaban J connectivity index is 4.46. The number of urea groups is 1. The van der Waals surface area contributed by atoms with E-state index in [0.717, 1.165) is 5.75 Å². The highest BCUT2D eigenvalue weighted by Gasteiger charge is 2.22. The van der Waals surface area contributed by atoms with Crippen molar-refractivity contribution in [2.75, 3.05) is 25.1 Å². The number of hydrogen-bond donors (Lipinski definition) is 2. The lowest BCUT2D eigenvalue weighted by Crippen LogP contribution is -2.50. The molecule has 0 spiro atoms. The van der Waals surface area contributed by atoms with Crippen LogP contribution in [0.4, 0.5) is 4.79 Å². The van der Waals surface area contributed by atoms with Crippen molar-refractivity contribution < 1.29 is 9.59 Å². The van der Waals surface area contributed by atoms with Crippen LogP contribution in [0.2, 0.25) is 0 Å². The minimum atomic E-state index is -0.647. The van der Waals surface area contributed by atoms with Crippen LogP contribution in [0.3, 0.4) is 0 Å². The maximum atomic E-state index is 12.0. The average Bonchev–Trinajstić information content (AvgIpc) is 2.25. The van der Waals surface area contributed by atoms with Gasteiger partial charge in [0.1, 0.15) is 6.04 Å². The van der Waals surface area contributed by atoms with E-state index in [-0.39, 0.29) is 5.91 Å². The zero-order chi connectivity index (χ0) is 12.6. The monoisotopic (exact) mass is 247 g/mol. The van der Waals surface area contributed by atoms with E-state index in [1.807, 2.05) is 20.1 Å². The second-order valence-corrected chi connectivity index (χ2v) is 4.34. The van der Waals surface area contributed by atoms with E-state index in [0.29, 0.717) is 19.5 Å². The Morgan fingerprint density at radius 3 is 2.31 bits per heavy atom. The lowest BCUT2D eigenvalue weighted by molar-refractivity contribution is -0.132. The molecule has 0 aliphatic carbocycles. The largest absolute Gasteiger partial charge is 0.352 e. The van der Waals surface area contributed by atoms with Crippen LogP contribution < -0.4 is 11.1 Å². The minimum absolute atomic E-state index is 0.0575. The van der Waals surface area contributed by atoms with Crippen molar-refractivity contribution in [3.8, 4) is 0 Å². The molecule has 0 aromatic rings. The fraction of sp³-hybridized carbons (Fsp3) is 0.800. The molecule has 0 aromatic heterocycles. The van der Waals surface area contributed by atoms with E-state index in [9.17, 15) is 9.59 Å². The van der Waals surface area contributed by atoms with Crippen LogP contribution in [0, 0.1) is 0 Å². The first-order chi connectivity index (χ1) is 7.56. The van der Waals surface area contributed by atoms with Crippen LogP contribution in [0.1, 0.15) is 20.3 Å². The molecule has 0 aliphatic rings. The summed E-state index contributed by atoms with van der Waals surface area (Å²) in [5.41, 5.74) is 5.06. The first-order valence-corrected chi connectivity index (χ1v) is 6.79. The fourth-order valence-electron chi connectivity index (χ4n) is 1.42. The Hall–Kier alpha value is -0.910. The van der Waals surface area contributed by atoms with E-state index < -0.39 is 12.1 Å². The van der Waals surface area contributed by atoms with E-state index >= 15 is 0 Å². The van der Waals surface area contributed by atoms with Crippen molar-refractivity contribution in [1.82, 2.24) is 10.2 Å². The van der Waals surface area contributed by atoms with Gasteiger partial charge in [-0.3, -0.25) is 4.79 Å². The number of thioether (sulfide) groups is 1. The smallest absolute Gasteiger partial charge is 0.312 e. The van der Waals surface area contributed by atoms with Gasteiger partial charge in [-0.05, 0) is 32.3 Å². The van der Waals surface area contributed by atoms with Gasteiger partial charge in [0, 0.05) is 13.1 Å². The van der Waals surface area contributed by atoms with Crippen molar-refractivity contribution in [3.05, 3.63) is 0 Å². The van der Waals surface area contributed by atoms with Gasteiger partial charge in [-0.25, -0.2) is 4.79 Å². The summed E-state index contributed by atoms with van der Waals surface area (Å²) >= 11 is 1.64. The molecule has 5 nitrogen and oxygen atoms in total. The van der Waals surface area contributed by atoms with Gasteiger partial charge in [-0.1, -0.05) is 0 Å². The zero-order valence-electron chi connectivity index (χ0n) is 10.2. The predicted molar refractivity (Wildman–Crippen MR) is 67.4 cm³/mol. The third-order valence-corrected chi connectivity index (χ3v) is 2.94. The van der Waals surface area contributed by atoms with Crippen molar-refractivity contribution >= 4 is 23.7 Å². The van der Waals surface area contributed by atoms with Crippen LogP contribution in [-0.2, 0) is 4.79 Å². The van der Waals surface area contributed by atoms with Crippen LogP contribution in [-0.4, -0.2) is 48.0 Å². The second kappa shape index (κ2) is 8.27. The number of likely N-dealkylation sites (N-methyl/N-ethyl adjacent to an activating group) is 1. The summed E-state index contributed by atoms with van der Waals surface area (Å²) in [6.45, 7) is 5.12. The number of nitrogens with zero attached hydrogens (tertiary/aromatic N) is 1. The summed E-state index contributed by atoms with van der Waals surface area (Å²) in [5.74, 6) is 0.760. The standard InChI is InChI=1S/C10H21N3O2S/c1-4-13(5-2)9(14)8(6-7-16-3)12-10(11)15/h8H,4-7H2,1-3H3,(H3,11,12,15). The Kier molecular flexibility index (Phi) is 7.80. The first-order valence-electron chi connectivity index (χ1n) is 5.40. The maximum Gasteiger partial charge on any atom is 0.312 e. The molecule has 0 aromatic carbocycles. The van der Waals surface area contributed by atoms with E-state index in [4.69, 9.17) is 5.73 Å². The molecule has 0 saturated heterocycles. The summed E-state index contributed by atoms with van der Waals surface area (Å²) in [5, 5.41) is 2.50. The van der Waals surface area contributed by atoms with Gasteiger partial charge < -0.3 is 16.0 Å². The van der Waals surface area contributed by atoms with Gasteiger partial charge >= 0.3 is 6.03 Å². The Labute approximate surface area is 101 Å². The van der Waals surface area contributed by atoms with Crippen LogP contribution in [0.5, 0.6) is 0 Å². The molecule has 0 aliphatic heterocycles. The molecule has 0 rings (SSSR count). The third-order valence-electron chi connectivity index (χ3n) is 2.30. The Morgan fingerprint density at radius 2 is 1.94 bits per heavy atom. The van der Waals surface area contributed by atoms with Gasteiger partial charge in [0.05, 0.1) is 0 Å². The molecule has 0 saturated carbocycles. The highest BCUT2D eigenvalue weighted by atomic mass is 32.2. The maximum absolute atomic E-state index is 12.0. The molecular formula is C10H21N3O2S. The topological polar surface area (TPSA) is 75.4 Å². The zero-order valence-corrected chi connectivity index (χ0v) is 11.0. The molecule has 0 radical (unpaired) electrons. The summed E-state index contributed by atoms with van der Waals surface area (Å²) in [6.07, 6.45) is 2.57. The number of hydrogen-bond acceptors (Lipinski definition) is 3. The molecule has 3 amide bonds. The molecule has 0 fully saturated rings. The van der Waals surface area contributed by atoms with Gasteiger partial charge in [0.2, 0.25) is 5.91 Å². The summed E-state index contributed by atoms with van der Waals surface area (Å²) < 4.78 is 0. The predicted octanol–water partition coefficient (Wildman–Crippen LogP) is 0.645. The average molecular weight is 247 g/mol.